The van der Waals surface area contributed by atoms with E-state index < -0.39 is 11.6 Å². The standard InChI is InChI=1S/C14H7F2N2.Ir/c15-10-5-9(6-11(16)7-10)14-12-3-1-2-4-13(12)17-8-18-14;/h1-5,7-8H;/q-1;. The number of benzene rings is 2. The van der Waals surface area contributed by atoms with Crippen LogP contribution in [0.4, 0.5) is 8.78 Å². The average molecular weight is 433 g/mol. The van der Waals surface area contributed by atoms with Gasteiger partial charge in [0.1, 0.15) is 6.33 Å². The summed E-state index contributed by atoms with van der Waals surface area (Å²) in [5, 5.41) is 0.737. The van der Waals surface area contributed by atoms with Crippen LogP contribution < -0.4 is 0 Å². The fourth-order valence-corrected chi connectivity index (χ4v) is 1.85. The number of fused-ring (bicyclic) bond motifs is 1. The molecule has 1 aromatic heterocycles. The predicted octanol–water partition coefficient (Wildman–Crippen LogP) is 3.37. The molecule has 0 aliphatic heterocycles. The molecule has 0 saturated heterocycles. The van der Waals surface area contributed by atoms with E-state index in [1.165, 1.54) is 12.4 Å². The summed E-state index contributed by atoms with van der Waals surface area (Å²) in [5.41, 5.74) is 1.48. The molecule has 0 atom stereocenters. The zero-order chi connectivity index (χ0) is 12.5. The van der Waals surface area contributed by atoms with Crippen LogP contribution in [0.5, 0.6) is 0 Å². The molecule has 1 heterocycles. The number of nitrogens with zero attached hydrogens (tertiary/aromatic N) is 2. The second-order valence-corrected chi connectivity index (χ2v) is 3.80. The van der Waals surface area contributed by atoms with Gasteiger partial charge in [-0.3, -0.25) is 4.98 Å². The maximum atomic E-state index is 13.2. The number of aromatic nitrogens is 2. The van der Waals surface area contributed by atoms with Gasteiger partial charge >= 0.3 is 0 Å². The molecule has 0 N–H and O–H groups in total. The van der Waals surface area contributed by atoms with Crippen LogP contribution in [0.2, 0.25) is 0 Å². The molecule has 0 amide bonds. The molecular formula is C14H7F2IrN2-. The third-order valence-corrected chi connectivity index (χ3v) is 2.60. The summed E-state index contributed by atoms with van der Waals surface area (Å²) in [4.78, 5) is 8.18. The molecule has 0 fully saturated rings. The van der Waals surface area contributed by atoms with Gasteiger partial charge in [-0.1, -0.05) is 24.3 Å². The summed E-state index contributed by atoms with van der Waals surface area (Å²) in [7, 11) is 0. The summed E-state index contributed by atoms with van der Waals surface area (Å²) in [5.74, 6) is -1.39. The third-order valence-electron chi connectivity index (χ3n) is 2.60. The van der Waals surface area contributed by atoms with E-state index in [1.54, 1.807) is 6.07 Å². The topological polar surface area (TPSA) is 25.8 Å². The van der Waals surface area contributed by atoms with Gasteiger partial charge in [-0.15, -0.1) is 17.7 Å². The molecule has 0 spiro atoms. The Morgan fingerprint density at radius 1 is 1.00 bits per heavy atom. The molecule has 19 heavy (non-hydrogen) atoms. The molecule has 2 aromatic carbocycles. The van der Waals surface area contributed by atoms with Gasteiger partial charge in [0, 0.05) is 31.7 Å². The molecule has 5 heteroatoms. The van der Waals surface area contributed by atoms with Gasteiger partial charge in [0.05, 0.1) is 5.52 Å². The monoisotopic (exact) mass is 434 g/mol. The second-order valence-electron chi connectivity index (χ2n) is 3.80. The van der Waals surface area contributed by atoms with Gasteiger partial charge in [-0.05, 0) is 17.1 Å². The van der Waals surface area contributed by atoms with Gasteiger partial charge < -0.3 is 0 Å². The van der Waals surface area contributed by atoms with Crippen molar-refractivity contribution in [2.75, 3.05) is 0 Å². The first-order valence-corrected chi connectivity index (χ1v) is 5.32. The average Bonchev–Trinajstić information content (AvgIpc) is 2.37. The van der Waals surface area contributed by atoms with Crippen LogP contribution in [0.3, 0.4) is 0 Å². The van der Waals surface area contributed by atoms with Gasteiger partial charge in [0.2, 0.25) is 0 Å². The second kappa shape index (κ2) is 5.51. The summed E-state index contributed by atoms with van der Waals surface area (Å²) in [6.45, 7) is 0. The minimum Gasteiger partial charge on any atom is -0.285 e. The van der Waals surface area contributed by atoms with Crippen LogP contribution in [0, 0.1) is 17.7 Å². The molecule has 0 unspecified atom stereocenters. The van der Waals surface area contributed by atoms with E-state index in [2.05, 4.69) is 16.0 Å². The van der Waals surface area contributed by atoms with Crippen molar-refractivity contribution in [2.24, 2.45) is 0 Å². The number of halogens is 2. The molecule has 1 radical (unpaired) electrons. The SMILES string of the molecule is Fc1[c-]c(-c2ncnc3ccccc23)cc(F)c1.[Ir]. The maximum Gasteiger partial charge on any atom is 0.106 e. The first-order valence-electron chi connectivity index (χ1n) is 5.32. The molecule has 97 valence electrons. The Kier molecular flexibility index (Phi) is 3.98. The number of para-hydroxylation sites is 1. The van der Waals surface area contributed by atoms with Crippen molar-refractivity contribution >= 4 is 10.9 Å². The minimum absolute atomic E-state index is 0. The quantitative estimate of drug-likeness (QED) is 0.550. The van der Waals surface area contributed by atoms with Crippen LogP contribution in [-0.4, -0.2) is 9.97 Å². The zero-order valence-corrected chi connectivity index (χ0v) is 11.9. The molecule has 0 saturated carbocycles. The zero-order valence-electron chi connectivity index (χ0n) is 9.53. The summed E-state index contributed by atoms with van der Waals surface area (Å²) in [6, 6.07) is 11.7. The largest absolute Gasteiger partial charge is 0.285 e. The Morgan fingerprint density at radius 2 is 1.79 bits per heavy atom. The summed E-state index contributed by atoms with van der Waals surface area (Å²) >= 11 is 0. The predicted molar refractivity (Wildman–Crippen MR) is 63.7 cm³/mol. The van der Waals surface area contributed by atoms with E-state index in [4.69, 9.17) is 0 Å². The molecule has 2 nitrogen and oxygen atoms in total. The molecule has 0 bridgehead atoms. The van der Waals surface area contributed by atoms with E-state index in [-0.39, 0.29) is 25.7 Å². The van der Waals surface area contributed by atoms with E-state index in [0.717, 1.165) is 17.0 Å². The summed E-state index contributed by atoms with van der Waals surface area (Å²) < 4.78 is 26.4. The molecule has 3 rings (SSSR count). The Labute approximate surface area is 121 Å². The normalized spacial score (nSPS) is 10.2. The molecule has 0 aliphatic carbocycles. The Morgan fingerprint density at radius 3 is 2.58 bits per heavy atom. The molecule has 0 aliphatic rings. The third kappa shape index (κ3) is 2.67. The number of hydrogen-bond acceptors (Lipinski definition) is 2. The van der Waals surface area contributed by atoms with Crippen molar-refractivity contribution < 1.29 is 28.9 Å². The smallest absolute Gasteiger partial charge is 0.106 e. The molecule has 3 aromatic rings. The summed E-state index contributed by atoms with van der Waals surface area (Å²) in [6.07, 6.45) is 1.37. The Bertz CT molecular complexity index is 706. The minimum atomic E-state index is -0.743. The molecular weight excluding hydrogens is 426 g/mol. The van der Waals surface area contributed by atoms with Crippen molar-refractivity contribution in [3.63, 3.8) is 0 Å². The van der Waals surface area contributed by atoms with Crippen molar-refractivity contribution in [3.8, 4) is 11.3 Å². The van der Waals surface area contributed by atoms with Crippen molar-refractivity contribution in [3.05, 3.63) is 60.4 Å². The van der Waals surface area contributed by atoms with Crippen LogP contribution in [0.25, 0.3) is 22.2 Å². The van der Waals surface area contributed by atoms with Crippen LogP contribution >= 0.6 is 0 Å². The van der Waals surface area contributed by atoms with Gasteiger partial charge in [-0.25, -0.2) is 13.8 Å². The van der Waals surface area contributed by atoms with Crippen molar-refractivity contribution in [1.29, 1.82) is 0 Å². The van der Waals surface area contributed by atoms with Gasteiger partial charge in [-0.2, -0.15) is 0 Å². The van der Waals surface area contributed by atoms with Crippen molar-refractivity contribution in [2.45, 2.75) is 0 Å². The van der Waals surface area contributed by atoms with Crippen LogP contribution in [0.1, 0.15) is 0 Å². The fraction of sp³-hybridized carbons (Fsp3) is 0. The van der Waals surface area contributed by atoms with E-state index in [1.807, 2.05) is 18.2 Å². The Balaban J connectivity index is 0.00000133. The maximum absolute atomic E-state index is 13.2. The number of hydrogen-bond donors (Lipinski definition) is 0. The van der Waals surface area contributed by atoms with Crippen LogP contribution in [0.15, 0.2) is 42.7 Å². The van der Waals surface area contributed by atoms with Gasteiger partial charge in [0.25, 0.3) is 0 Å². The van der Waals surface area contributed by atoms with Crippen molar-refractivity contribution in [1.82, 2.24) is 9.97 Å². The fourth-order valence-electron chi connectivity index (χ4n) is 1.85. The first kappa shape index (κ1) is 13.7. The first-order chi connectivity index (χ1) is 8.74. The van der Waals surface area contributed by atoms with E-state index >= 15 is 0 Å². The van der Waals surface area contributed by atoms with Crippen LogP contribution in [-0.2, 0) is 20.1 Å². The Hall–Kier alpha value is -1.71. The van der Waals surface area contributed by atoms with Gasteiger partial charge in [0.15, 0.2) is 0 Å². The van der Waals surface area contributed by atoms with E-state index in [0.29, 0.717) is 5.69 Å². The van der Waals surface area contributed by atoms with E-state index in [9.17, 15) is 8.78 Å². The number of rotatable bonds is 1.